The zero-order valence-electron chi connectivity index (χ0n) is 6.28. The lowest BCUT2D eigenvalue weighted by Gasteiger charge is -2.00. The highest BCUT2D eigenvalue weighted by Gasteiger charge is 1.90. The summed E-state index contributed by atoms with van der Waals surface area (Å²) in [5, 5.41) is 0. The molecule has 0 aromatic carbocycles. The zero-order chi connectivity index (χ0) is 7.56. The van der Waals surface area contributed by atoms with E-state index >= 15 is 0 Å². The number of anilines is 1. The van der Waals surface area contributed by atoms with Crippen molar-refractivity contribution in [3.05, 3.63) is 28.7 Å². The second kappa shape index (κ2) is 4.03. The Morgan fingerprint density at radius 2 is 2.27 bits per heavy atom. The summed E-state index contributed by atoms with van der Waals surface area (Å²) in [4.78, 5) is 10.7. The van der Waals surface area contributed by atoms with Crippen LogP contribution in [0.5, 0.6) is 0 Å². The molecule has 4 heteroatoms. The summed E-state index contributed by atoms with van der Waals surface area (Å²) < 4.78 is 1.86. The van der Waals surface area contributed by atoms with Crippen molar-refractivity contribution < 1.29 is 0 Å². The molecule has 1 aromatic rings. The Hall–Kier alpha value is -0.960. The van der Waals surface area contributed by atoms with Crippen LogP contribution in [0.25, 0.3) is 0 Å². The summed E-state index contributed by atoms with van der Waals surface area (Å²) in [6, 6.07) is 1.47. The van der Waals surface area contributed by atoms with Crippen molar-refractivity contribution in [1.82, 2.24) is 4.57 Å². The molecule has 0 radical (unpaired) electrons. The van der Waals surface area contributed by atoms with Gasteiger partial charge in [0.05, 0.1) is 5.69 Å². The minimum absolute atomic E-state index is 0. The third-order valence-electron chi connectivity index (χ3n) is 1.37. The van der Waals surface area contributed by atoms with Gasteiger partial charge in [0.15, 0.2) is 0 Å². The first-order valence-corrected chi connectivity index (χ1v) is 3.19. The van der Waals surface area contributed by atoms with Gasteiger partial charge in [0.1, 0.15) is 0 Å². The van der Waals surface area contributed by atoms with Crippen molar-refractivity contribution in [2.45, 2.75) is 13.5 Å². The molecule has 0 aliphatic heterocycles. The van der Waals surface area contributed by atoms with Gasteiger partial charge in [-0.05, 0) is 6.92 Å². The Morgan fingerprint density at radius 1 is 1.64 bits per heavy atom. The maximum Gasteiger partial charge on any atom is 0.204 e. The van der Waals surface area contributed by atoms with E-state index in [2.05, 4.69) is 0 Å². The SMILES string of the molecule is CCn1ccc(=O)c(N)c1.Cl. The molecule has 3 nitrogen and oxygen atoms in total. The molecule has 0 saturated carbocycles. The highest BCUT2D eigenvalue weighted by Crippen LogP contribution is 1.91. The molecule has 0 amide bonds. The van der Waals surface area contributed by atoms with Crippen LogP contribution in [-0.2, 0) is 6.54 Å². The van der Waals surface area contributed by atoms with Gasteiger partial charge in [0.2, 0.25) is 5.43 Å². The fourth-order valence-corrected chi connectivity index (χ4v) is 0.742. The van der Waals surface area contributed by atoms with Crippen LogP contribution >= 0.6 is 12.4 Å². The van der Waals surface area contributed by atoms with Crippen LogP contribution in [0.1, 0.15) is 6.92 Å². The van der Waals surface area contributed by atoms with E-state index in [4.69, 9.17) is 5.73 Å². The van der Waals surface area contributed by atoms with Crippen LogP contribution in [0.2, 0.25) is 0 Å². The van der Waals surface area contributed by atoms with Crippen molar-refractivity contribution in [2.24, 2.45) is 0 Å². The van der Waals surface area contributed by atoms with Crippen LogP contribution in [0.3, 0.4) is 0 Å². The van der Waals surface area contributed by atoms with E-state index in [1.807, 2.05) is 11.5 Å². The highest BCUT2D eigenvalue weighted by molar-refractivity contribution is 5.85. The third kappa shape index (κ3) is 2.27. The van der Waals surface area contributed by atoms with Gasteiger partial charge < -0.3 is 10.3 Å². The number of halogens is 1. The standard InChI is InChI=1S/C7H10N2O.ClH/c1-2-9-4-3-7(10)6(8)5-9;/h3-5H,2,8H2,1H3;1H. The first kappa shape index (κ1) is 10.0. The van der Waals surface area contributed by atoms with Crippen LogP contribution < -0.4 is 11.2 Å². The number of nitrogens with zero attached hydrogens (tertiary/aromatic N) is 1. The number of rotatable bonds is 1. The Kier molecular flexibility index (Phi) is 3.68. The highest BCUT2D eigenvalue weighted by atomic mass is 35.5. The third-order valence-corrected chi connectivity index (χ3v) is 1.37. The summed E-state index contributed by atoms with van der Waals surface area (Å²) in [5.41, 5.74) is 5.57. The summed E-state index contributed by atoms with van der Waals surface area (Å²) in [6.07, 6.45) is 3.36. The molecule has 0 bridgehead atoms. The van der Waals surface area contributed by atoms with Crippen molar-refractivity contribution in [3.63, 3.8) is 0 Å². The average Bonchev–Trinajstić information content (AvgIpc) is 1.95. The first-order chi connectivity index (χ1) is 4.74. The van der Waals surface area contributed by atoms with Gasteiger partial charge in [-0.3, -0.25) is 4.79 Å². The molecule has 0 unspecified atom stereocenters. The van der Waals surface area contributed by atoms with E-state index < -0.39 is 0 Å². The summed E-state index contributed by atoms with van der Waals surface area (Å²) >= 11 is 0. The van der Waals surface area contributed by atoms with Crippen molar-refractivity contribution in [3.8, 4) is 0 Å². The van der Waals surface area contributed by atoms with E-state index in [-0.39, 0.29) is 17.8 Å². The van der Waals surface area contributed by atoms with E-state index in [1.165, 1.54) is 6.07 Å². The van der Waals surface area contributed by atoms with Gasteiger partial charge in [-0.25, -0.2) is 0 Å². The van der Waals surface area contributed by atoms with Gasteiger partial charge in [0, 0.05) is 25.0 Å². The first-order valence-electron chi connectivity index (χ1n) is 3.19. The van der Waals surface area contributed by atoms with Crippen LogP contribution in [0.4, 0.5) is 5.69 Å². The fraction of sp³-hybridized carbons (Fsp3) is 0.286. The molecule has 0 fully saturated rings. The van der Waals surface area contributed by atoms with Crippen molar-refractivity contribution in [1.29, 1.82) is 0 Å². The van der Waals surface area contributed by atoms with Gasteiger partial charge in [-0.1, -0.05) is 0 Å². The number of hydrogen-bond donors (Lipinski definition) is 1. The molecule has 11 heavy (non-hydrogen) atoms. The van der Waals surface area contributed by atoms with Gasteiger partial charge in [-0.2, -0.15) is 0 Å². The molecule has 0 aliphatic carbocycles. The number of aromatic nitrogens is 1. The zero-order valence-corrected chi connectivity index (χ0v) is 7.10. The summed E-state index contributed by atoms with van der Waals surface area (Å²) in [6.45, 7) is 2.83. The maximum absolute atomic E-state index is 10.7. The number of nitrogen functional groups attached to an aromatic ring is 1. The number of nitrogens with two attached hydrogens (primary N) is 1. The van der Waals surface area contributed by atoms with Gasteiger partial charge in [-0.15, -0.1) is 12.4 Å². The Bertz CT molecular complexity index is 282. The van der Waals surface area contributed by atoms with Crippen LogP contribution in [-0.4, -0.2) is 4.57 Å². The molecule has 62 valence electrons. The molecular formula is C7H11ClN2O. The maximum atomic E-state index is 10.7. The Morgan fingerprint density at radius 3 is 2.73 bits per heavy atom. The molecule has 0 saturated heterocycles. The predicted molar refractivity (Wildman–Crippen MR) is 48.0 cm³/mol. The predicted octanol–water partition coefficient (Wildman–Crippen LogP) is 0.872. The molecule has 0 spiro atoms. The topological polar surface area (TPSA) is 48.0 Å². The second-order valence-electron chi connectivity index (χ2n) is 2.09. The van der Waals surface area contributed by atoms with Crippen molar-refractivity contribution in [2.75, 3.05) is 5.73 Å². The smallest absolute Gasteiger partial charge is 0.204 e. The molecule has 2 N–H and O–H groups in total. The normalized spacial score (nSPS) is 8.82. The molecule has 1 aromatic heterocycles. The van der Waals surface area contributed by atoms with Crippen molar-refractivity contribution >= 4 is 18.1 Å². The van der Waals surface area contributed by atoms with E-state index in [1.54, 1.807) is 12.4 Å². The van der Waals surface area contributed by atoms with Crippen LogP contribution in [0.15, 0.2) is 23.3 Å². The summed E-state index contributed by atoms with van der Waals surface area (Å²) in [7, 11) is 0. The minimum atomic E-state index is -0.107. The second-order valence-corrected chi connectivity index (χ2v) is 2.09. The Labute approximate surface area is 71.2 Å². The summed E-state index contributed by atoms with van der Waals surface area (Å²) in [5.74, 6) is 0. The lowest BCUT2D eigenvalue weighted by Crippen LogP contribution is -2.09. The quantitative estimate of drug-likeness (QED) is 0.687. The molecule has 1 rings (SSSR count). The van der Waals surface area contributed by atoms with E-state index in [9.17, 15) is 4.79 Å². The Balaban J connectivity index is 0.000001000. The molecular weight excluding hydrogens is 164 g/mol. The lowest BCUT2D eigenvalue weighted by atomic mass is 10.4. The fourth-order valence-electron chi connectivity index (χ4n) is 0.742. The molecule has 0 aliphatic rings. The number of aryl methyl sites for hydroxylation is 1. The van der Waals surface area contributed by atoms with E-state index in [0.717, 1.165) is 6.54 Å². The van der Waals surface area contributed by atoms with Gasteiger partial charge >= 0.3 is 0 Å². The number of pyridine rings is 1. The monoisotopic (exact) mass is 174 g/mol. The largest absolute Gasteiger partial charge is 0.394 e. The molecule has 0 atom stereocenters. The van der Waals surface area contributed by atoms with E-state index in [0.29, 0.717) is 5.69 Å². The minimum Gasteiger partial charge on any atom is -0.394 e. The number of hydrogen-bond acceptors (Lipinski definition) is 2. The lowest BCUT2D eigenvalue weighted by molar-refractivity contribution is 0.756. The van der Waals surface area contributed by atoms with Gasteiger partial charge in [0.25, 0.3) is 0 Å². The van der Waals surface area contributed by atoms with Crippen LogP contribution in [0, 0.1) is 0 Å². The molecule has 1 heterocycles. The average molecular weight is 175 g/mol.